The van der Waals surface area contributed by atoms with E-state index in [0.29, 0.717) is 30.9 Å². The van der Waals surface area contributed by atoms with E-state index in [9.17, 15) is 22.8 Å². The standard InChI is InChI=1S/C26H24F4N4O2/c27-21-12-19(26(28,29)30)7-8-20(21)22(15-5-6-15)25(24(31)36)9-2-10-34(25)23(35)17-4-1-3-16(11-17)18-13-32-33-14-18/h1,3-4,7-8,11-15,22H,2,5-6,9-10H2,(H2,31,36)(H,32,33)/t22-,25+/m1/s1. The van der Waals surface area contributed by atoms with Gasteiger partial charge in [0.2, 0.25) is 5.91 Å². The number of amides is 2. The lowest BCUT2D eigenvalue weighted by Crippen LogP contribution is -2.60. The van der Waals surface area contributed by atoms with Crippen LogP contribution in [0.2, 0.25) is 0 Å². The highest BCUT2D eigenvalue weighted by Gasteiger charge is 2.59. The van der Waals surface area contributed by atoms with Crippen LogP contribution in [0.5, 0.6) is 0 Å². The number of nitrogens with zero attached hydrogens (tertiary/aromatic N) is 2. The molecule has 0 bridgehead atoms. The van der Waals surface area contributed by atoms with Crippen molar-refractivity contribution in [1.29, 1.82) is 0 Å². The minimum Gasteiger partial charge on any atom is -0.368 e. The quantitative estimate of drug-likeness (QED) is 0.472. The number of primary amides is 1. The van der Waals surface area contributed by atoms with Crippen LogP contribution in [0.3, 0.4) is 0 Å². The molecule has 0 radical (unpaired) electrons. The van der Waals surface area contributed by atoms with Crippen LogP contribution >= 0.6 is 0 Å². The van der Waals surface area contributed by atoms with Crippen molar-refractivity contribution in [3.63, 3.8) is 0 Å². The third kappa shape index (κ3) is 4.04. The summed E-state index contributed by atoms with van der Waals surface area (Å²) in [5, 5.41) is 6.64. The lowest BCUT2D eigenvalue weighted by Gasteiger charge is -2.43. The molecule has 10 heteroatoms. The van der Waals surface area contributed by atoms with Crippen LogP contribution in [0.4, 0.5) is 17.6 Å². The lowest BCUT2D eigenvalue weighted by atomic mass is 9.73. The number of hydrogen-bond acceptors (Lipinski definition) is 3. The summed E-state index contributed by atoms with van der Waals surface area (Å²) in [5.74, 6) is -3.29. The molecule has 1 aromatic heterocycles. The average molecular weight is 500 g/mol. The van der Waals surface area contributed by atoms with Gasteiger partial charge in [0.05, 0.1) is 11.8 Å². The zero-order valence-corrected chi connectivity index (χ0v) is 19.2. The fourth-order valence-corrected chi connectivity index (χ4v) is 5.54. The number of nitrogens with one attached hydrogen (secondary N) is 1. The van der Waals surface area contributed by atoms with Crippen LogP contribution in [-0.2, 0) is 11.0 Å². The Bertz CT molecular complexity index is 1300. The van der Waals surface area contributed by atoms with Crippen LogP contribution in [0.15, 0.2) is 54.9 Å². The topological polar surface area (TPSA) is 92.1 Å². The number of alkyl halides is 3. The summed E-state index contributed by atoms with van der Waals surface area (Å²) in [6.45, 7) is 0.225. The van der Waals surface area contributed by atoms with Crippen molar-refractivity contribution in [2.45, 2.75) is 43.3 Å². The van der Waals surface area contributed by atoms with Gasteiger partial charge in [-0.1, -0.05) is 18.2 Å². The summed E-state index contributed by atoms with van der Waals surface area (Å²) < 4.78 is 54.7. The molecule has 2 aliphatic rings. The Morgan fingerprint density at radius 1 is 1.14 bits per heavy atom. The molecule has 2 aromatic carbocycles. The fraction of sp³-hybridized carbons (Fsp3) is 0.346. The molecule has 3 N–H and O–H groups in total. The van der Waals surface area contributed by atoms with Crippen molar-refractivity contribution < 1.29 is 27.2 Å². The molecule has 0 spiro atoms. The maximum Gasteiger partial charge on any atom is 0.416 e. The Labute approximate surface area is 204 Å². The van der Waals surface area contributed by atoms with Gasteiger partial charge in [0.25, 0.3) is 5.91 Å². The minimum absolute atomic E-state index is 0.0175. The van der Waals surface area contributed by atoms with Crippen LogP contribution in [-0.4, -0.2) is 39.0 Å². The van der Waals surface area contributed by atoms with Crippen LogP contribution < -0.4 is 5.73 Å². The molecule has 1 aliphatic carbocycles. The number of aromatic nitrogens is 2. The monoisotopic (exact) mass is 500 g/mol. The molecule has 0 unspecified atom stereocenters. The summed E-state index contributed by atoms with van der Waals surface area (Å²) in [4.78, 5) is 28.3. The first-order valence-corrected chi connectivity index (χ1v) is 11.7. The number of hydrogen-bond donors (Lipinski definition) is 2. The number of likely N-dealkylation sites (tertiary alicyclic amines) is 1. The van der Waals surface area contributed by atoms with E-state index in [4.69, 9.17) is 5.73 Å². The summed E-state index contributed by atoms with van der Waals surface area (Å²) in [7, 11) is 0. The van der Waals surface area contributed by atoms with E-state index in [1.807, 2.05) is 6.07 Å². The molecule has 6 nitrogen and oxygen atoms in total. The first-order valence-electron chi connectivity index (χ1n) is 11.7. The van der Waals surface area contributed by atoms with E-state index in [2.05, 4.69) is 10.2 Å². The van der Waals surface area contributed by atoms with Gasteiger partial charge < -0.3 is 10.6 Å². The highest BCUT2D eigenvalue weighted by Crippen LogP contribution is 2.54. The zero-order valence-electron chi connectivity index (χ0n) is 19.2. The van der Waals surface area contributed by atoms with Gasteiger partial charge in [0, 0.05) is 29.8 Å². The van der Waals surface area contributed by atoms with Crippen LogP contribution in [0.1, 0.15) is 53.1 Å². The number of nitrogens with two attached hydrogens (primary N) is 1. The number of rotatable bonds is 6. The first kappa shape index (κ1) is 24.0. The molecular weight excluding hydrogens is 476 g/mol. The van der Waals surface area contributed by atoms with Gasteiger partial charge in [0.15, 0.2) is 0 Å². The Morgan fingerprint density at radius 3 is 2.53 bits per heavy atom. The molecule has 36 heavy (non-hydrogen) atoms. The number of halogens is 4. The molecule has 3 aromatic rings. The van der Waals surface area contributed by atoms with E-state index >= 15 is 4.39 Å². The fourth-order valence-electron chi connectivity index (χ4n) is 5.54. The Morgan fingerprint density at radius 2 is 1.92 bits per heavy atom. The van der Waals surface area contributed by atoms with Crippen molar-refractivity contribution in [1.82, 2.24) is 15.1 Å². The maximum atomic E-state index is 15.2. The lowest BCUT2D eigenvalue weighted by molar-refractivity contribution is -0.138. The van der Waals surface area contributed by atoms with Crippen molar-refractivity contribution in [3.8, 4) is 11.1 Å². The molecule has 2 atom stereocenters. The van der Waals surface area contributed by atoms with Gasteiger partial charge >= 0.3 is 6.18 Å². The SMILES string of the molecule is NC(=O)[C@@]1([C@@H](c2ccc(C(F)(F)F)cc2F)C2CC2)CCCN1C(=O)c1cccc(-c2cn[nH]c2)c1. The van der Waals surface area contributed by atoms with E-state index in [1.54, 1.807) is 30.6 Å². The van der Waals surface area contributed by atoms with Crippen molar-refractivity contribution in [2.75, 3.05) is 6.54 Å². The molecular formula is C26H24F4N4O2. The van der Waals surface area contributed by atoms with Crippen molar-refractivity contribution in [3.05, 3.63) is 77.4 Å². The molecule has 1 saturated carbocycles. The smallest absolute Gasteiger partial charge is 0.368 e. The summed E-state index contributed by atoms with van der Waals surface area (Å²) in [6.07, 6.45) is 0.591. The number of carbonyl (C=O) groups excluding carboxylic acids is 2. The molecule has 5 rings (SSSR count). The first-order chi connectivity index (χ1) is 17.1. The number of H-pyrrole nitrogens is 1. The molecule has 2 heterocycles. The van der Waals surface area contributed by atoms with Gasteiger partial charge in [-0.25, -0.2) is 4.39 Å². The Hall–Kier alpha value is -3.69. The summed E-state index contributed by atoms with van der Waals surface area (Å²) in [5.41, 5.74) is 5.11. The number of benzene rings is 2. The average Bonchev–Trinajstić information content (AvgIpc) is 3.32. The van der Waals surface area contributed by atoms with Gasteiger partial charge in [-0.05, 0) is 67.0 Å². The van der Waals surface area contributed by atoms with Gasteiger partial charge in [-0.15, -0.1) is 0 Å². The predicted molar refractivity (Wildman–Crippen MR) is 123 cm³/mol. The Balaban J connectivity index is 1.57. The maximum absolute atomic E-state index is 15.2. The van der Waals surface area contributed by atoms with E-state index in [-0.39, 0.29) is 24.4 Å². The van der Waals surface area contributed by atoms with E-state index in [1.165, 1.54) is 4.90 Å². The van der Waals surface area contributed by atoms with Crippen LogP contribution in [0.25, 0.3) is 11.1 Å². The summed E-state index contributed by atoms with van der Waals surface area (Å²) >= 11 is 0. The molecule has 1 aliphatic heterocycles. The molecule has 2 fully saturated rings. The normalized spacial score (nSPS) is 20.9. The predicted octanol–water partition coefficient (Wildman–Crippen LogP) is 4.89. The van der Waals surface area contributed by atoms with E-state index < -0.39 is 40.8 Å². The third-order valence-corrected chi connectivity index (χ3v) is 7.30. The molecule has 1 saturated heterocycles. The molecule has 2 amide bonds. The largest absolute Gasteiger partial charge is 0.416 e. The minimum atomic E-state index is -4.70. The highest BCUT2D eigenvalue weighted by molar-refractivity contribution is 6.00. The highest BCUT2D eigenvalue weighted by atomic mass is 19.4. The van der Waals surface area contributed by atoms with Gasteiger partial charge in [-0.2, -0.15) is 18.3 Å². The zero-order chi connectivity index (χ0) is 25.7. The second-order valence-corrected chi connectivity index (χ2v) is 9.47. The van der Waals surface area contributed by atoms with Crippen molar-refractivity contribution >= 4 is 11.8 Å². The second-order valence-electron chi connectivity index (χ2n) is 9.47. The van der Waals surface area contributed by atoms with Gasteiger partial charge in [-0.3, -0.25) is 14.7 Å². The number of aromatic amines is 1. The third-order valence-electron chi connectivity index (χ3n) is 7.30. The molecule has 188 valence electrons. The van der Waals surface area contributed by atoms with Crippen molar-refractivity contribution in [2.24, 2.45) is 11.7 Å². The summed E-state index contributed by atoms with van der Waals surface area (Å²) in [6, 6.07) is 9.20. The van der Waals surface area contributed by atoms with Crippen LogP contribution in [0, 0.1) is 11.7 Å². The van der Waals surface area contributed by atoms with Gasteiger partial charge in [0.1, 0.15) is 11.4 Å². The number of carbonyl (C=O) groups is 2. The van der Waals surface area contributed by atoms with E-state index in [0.717, 1.165) is 23.3 Å². The Kier molecular flexibility index (Phi) is 5.84. The second kappa shape index (κ2) is 8.76.